The molecule has 1 aliphatic rings. The lowest BCUT2D eigenvalue weighted by Gasteiger charge is -2.05. The van der Waals surface area contributed by atoms with Crippen LogP contribution in [0.5, 0.6) is 0 Å². The minimum absolute atomic E-state index is 0.425. The molecule has 70 valence electrons. The molecule has 0 spiro atoms. The molecule has 13 heavy (non-hydrogen) atoms. The van der Waals surface area contributed by atoms with Gasteiger partial charge < -0.3 is 4.74 Å². The third kappa shape index (κ3) is 2.10. The molecule has 1 aliphatic carbocycles. The van der Waals surface area contributed by atoms with Gasteiger partial charge in [-0.15, -0.1) is 0 Å². The number of rotatable bonds is 3. The van der Waals surface area contributed by atoms with Crippen LogP contribution < -0.4 is 0 Å². The third-order valence-corrected chi connectivity index (χ3v) is 2.72. The highest BCUT2D eigenvalue weighted by atomic mass is 16.5. The SMILES string of the molecule is CC1(C)CC1OCc1ccccc1. The molecular weight excluding hydrogens is 160 g/mol. The first-order valence-corrected chi connectivity index (χ1v) is 4.84. The van der Waals surface area contributed by atoms with E-state index in [2.05, 4.69) is 38.1 Å². The van der Waals surface area contributed by atoms with Gasteiger partial charge in [-0.2, -0.15) is 0 Å². The molecule has 1 nitrogen and oxygen atoms in total. The van der Waals surface area contributed by atoms with Crippen molar-refractivity contribution in [3.8, 4) is 0 Å². The van der Waals surface area contributed by atoms with Crippen molar-refractivity contribution in [3.63, 3.8) is 0 Å². The van der Waals surface area contributed by atoms with Gasteiger partial charge in [-0.05, 0) is 17.4 Å². The largest absolute Gasteiger partial charge is 0.373 e. The highest BCUT2D eigenvalue weighted by molar-refractivity contribution is 5.13. The molecule has 1 aromatic rings. The van der Waals surface area contributed by atoms with Crippen molar-refractivity contribution in [2.45, 2.75) is 33.0 Å². The molecule has 2 rings (SSSR count). The molecule has 0 N–H and O–H groups in total. The van der Waals surface area contributed by atoms with Crippen LogP contribution in [0, 0.1) is 5.41 Å². The molecule has 0 saturated heterocycles. The number of hydrogen-bond donors (Lipinski definition) is 0. The summed E-state index contributed by atoms with van der Waals surface area (Å²) in [5.41, 5.74) is 1.69. The normalized spacial score (nSPS) is 24.3. The lowest BCUT2D eigenvalue weighted by atomic mass is 10.2. The second kappa shape index (κ2) is 3.15. The van der Waals surface area contributed by atoms with Gasteiger partial charge in [-0.3, -0.25) is 0 Å². The maximum absolute atomic E-state index is 5.75. The van der Waals surface area contributed by atoms with Crippen LogP contribution >= 0.6 is 0 Å². The summed E-state index contributed by atoms with van der Waals surface area (Å²) >= 11 is 0. The van der Waals surface area contributed by atoms with Crippen LogP contribution in [0.1, 0.15) is 25.8 Å². The molecule has 1 saturated carbocycles. The molecular formula is C12H16O. The zero-order chi connectivity index (χ0) is 9.31. The Morgan fingerprint density at radius 2 is 1.92 bits per heavy atom. The first-order chi connectivity index (χ1) is 6.18. The standard InChI is InChI=1S/C12H16O/c1-12(2)8-11(12)13-9-10-6-4-3-5-7-10/h3-7,11H,8-9H2,1-2H3. The Kier molecular flexibility index (Phi) is 2.12. The fraction of sp³-hybridized carbons (Fsp3) is 0.500. The Morgan fingerprint density at radius 1 is 1.31 bits per heavy atom. The van der Waals surface area contributed by atoms with Gasteiger partial charge in [0.2, 0.25) is 0 Å². The van der Waals surface area contributed by atoms with Crippen molar-refractivity contribution in [1.29, 1.82) is 0 Å². The summed E-state index contributed by atoms with van der Waals surface area (Å²) in [4.78, 5) is 0. The van der Waals surface area contributed by atoms with Crippen molar-refractivity contribution in [2.24, 2.45) is 5.41 Å². The molecule has 1 heteroatoms. The maximum atomic E-state index is 5.75. The van der Waals surface area contributed by atoms with E-state index in [1.807, 2.05) is 6.07 Å². The van der Waals surface area contributed by atoms with Gasteiger partial charge in [0, 0.05) is 0 Å². The minimum Gasteiger partial charge on any atom is -0.373 e. The van der Waals surface area contributed by atoms with Crippen molar-refractivity contribution >= 4 is 0 Å². The van der Waals surface area contributed by atoms with Gasteiger partial charge in [0.15, 0.2) is 0 Å². The van der Waals surface area contributed by atoms with Gasteiger partial charge in [0.1, 0.15) is 0 Å². The van der Waals surface area contributed by atoms with E-state index in [1.54, 1.807) is 0 Å². The van der Waals surface area contributed by atoms with E-state index in [4.69, 9.17) is 4.74 Å². The Morgan fingerprint density at radius 3 is 2.46 bits per heavy atom. The van der Waals surface area contributed by atoms with Crippen LogP contribution in [-0.4, -0.2) is 6.10 Å². The number of ether oxygens (including phenoxy) is 1. The number of hydrogen-bond acceptors (Lipinski definition) is 1. The fourth-order valence-electron chi connectivity index (χ4n) is 1.47. The molecule has 0 aromatic heterocycles. The second-order valence-corrected chi connectivity index (χ2v) is 4.48. The van der Waals surface area contributed by atoms with E-state index in [9.17, 15) is 0 Å². The number of benzene rings is 1. The van der Waals surface area contributed by atoms with Crippen LogP contribution in [0.15, 0.2) is 30.3 Å². The molecule has 0 heterocycles. The smallest absolute Gasteiger partial charge is 0.0720 e. The topological polar surface area (TPSA) is 9.23 Å². The average molecular weight is 176 g/mol. The van der Waals surface area contributed by atoms with Crippen LogP contribution in [0.2, 0.25) is 0 Å². The van der Waals surface area contributed by atoms with E-state index in [0.29, 0.717) is 11.5 Å². The molecule has 0 amide bonds. The highest BCUT2D eigenvalue weighted by Gasteiger charge is 2.46. The summed E-state index contributed by atoms with van der Waals surface area (Å²) in [6.45, 7) is 5.26. The third-order valence-electron chi connectivity index (χ3n) is 2.72. The molecule has 1 aromatic carbocycles. The van der Waals surface area contributed by atoms with Crippen molar-refractivity contribution in [1.82, 2.24) is 0 Å². The van der Waals surface area contributed by atoms with Gasteiger partial charge in [-0.1, -0.05) is 44.2 Å². The summed E-state index contributed by atoms with van der Waals surface area (Å²) < 4.78 is 5.75. The maximum Gasteiger partial charge on any atom is 0.0720 e. The molecule has 1 unspecified atom stereocenters. The van der Waals surface area contributed by atoms with Crippen molar-refractivity contribution in [2.75, 3.05) is 0 Å². The van der Waals surface area contributed by atoms with E-state index in [1.165, 1.54) is 12.0 Å². The Hall–Kier alpha value is -0.820. The summed E-state index contributed by atoms with van der Waals surface area (Å²) in [7, 11) is 0. The summed E-state index contributed by atoms with van der Waals surface area (Å²) in [6, 6.07) is 10.3. The van der Waals surface area contributed by atoms with Crippen LogP contribution in [0.3, 0.4) is 0 Å². The molecule has 0 bridgehead atoms. The minimum atomic E-state index is 0.425. The Balaban J connectivity index is 1.82. The lowest BCUT2D eigenvalue weighted by molar-refractivity contribution is 0.0833. The Labute approximate surface area is 79.7 Å². The quantitative estimate of drug-likeness (QED) is 0.688. The van der Waals surface area contributed by atoms with E-state index in [0.717, 1.165) is 6.61 Å². The van der Waals surface area contributed by atoms with E-state index < -0.39 is 0 Å². The molecule has 1 atom stereocenters. The Bertz CT molecular complexity index is 276. The van der Waals surface area contributed by atoms with Crippen LogP contribution in [-0.2, 0) is 11.3 Å². The monoisotopic (exact) mass is 176 g/mol. The molecule has 0 radical (unpaired) electrons. The molecule has 0 aliphatic heterocycles. The van der Waals surface area contributed by atoms with Crippen molar-refractivity contribution in [3.05, 3.63) is 35.9 Å². The second-order valence-electron chi connectivity index (χ2n) is 4.48. The van der Waals surface area contributed by atoms with Gasteiger partial charge >= 0.3 is 0 Å². The predicted molar refractivity (Wildman–Crippen MR) is 53.4 cm³/mol. The first kappa shape index (κ1) is 8.76. The van der Waals surface area contributed by atoms with E-state index >= 15 is 0 Å². The predicted octanol–water partition coefficient (Wildman–Crippen LogP) is 3.00. The summed E-state index contributed by atoms with van der Waals surface area (Å²) in [6.07, 6.45) is 1.69. The summed E-state index contributed by atoms with van der Waals surface area (Å²) in [5.74, 6) is 0. The van der Waals surface area contributed by atoms with Crippen LogP contribution in [0.4, 0.5) is 0 Å². The molecule has 1 fully saturated rings. The van der Waals surface area contributed by atoms with Gasteiger partial charge in [0.25, 0.3) is 0 Å². The fourth-order valence-corrected chi connectivity index (χ4v) is 1.47. The van der Waals surface area contributed by atoms with Gasteiger partial charge in [0.05, 0.1) is 12.7 Å². The first-order valence-electron chi connectivity index (χ1n) is 4.84. The van der Waals surface area contributed by atoms with Crippen LogP contribution in [0.25, 0.3) is 0 Å². The highest BCUT2D eigenvalue weighted by Crippen LogP contribution is 2.47. The van der Waals surface area contributed by atoms with E-state index in [-0.39, 0.29) is 0 Å². The zero-order valence-corrected chi connectivity index (χ0v) is 8.29. The summed E-state index contributed by atoms with van der Waals surface area (Å²) in [5, 5.41) is 0. The lowest BCUT2D eigenvalue weighted by Crippen LogP contribution is -2.01. The zero-order valence-electron chi connectivity index (χ0n) is 8.29. The van der Waals surface area contributed by atoms with Crippen molar-refractivity contribution < 1.29 is 4.74 Å². The van der Waals surface area contributed by atoms with Gasteiger partial charge in [-0.25, -0.2) is 0 Å². The average Bonchev–Trinajstić information content (AvgIpc) is 2.73.